The van der Waals surface area contributed by atoms with E-state index in [0.717, 1.165) is 15.6 Å². The van der Waals surface area contributed by atoms with E-state index in [4.69, 9.17) is 18.0 Å². The Labute approximate surface area is 115 Å². The molecule has 9 heteroatoms. The highest BCUT2D eigenvalue weighted by Gasteiger charge is 2.24. The van der Waals surface area contributed by atoms with E-state index < -0.39 is 10.0 Å². The van der Waals surface area contributed by atoms with Crippen molar-refractivity contribution in [3.8, 4) is 0 Å². The van der Waals surface area contributed by atoms with Crippen LogP contribution in [-0.4, -0.2) is 44.3 Å². The first-order valence-corrected chi connectivity index (χ1v) is 7.52. The van der Waals surface area contributed by atoms with E-state index in [1.165, 1.54) is 20.2 Å². The van der Waals surface area contributed by atoms with E-state index in [1.54, 1.807) is 6.07 Å². The fourth-order valence-corrected chi connectivity index (χ4v) is 3.80. The number of thiocarbonyl (C=S) groups is 1. The monoisotopic (exact) mass is 307 g/mol. The van der Waals surface area contributed by atoms with Gasteiger partial charge in [-0.25, -0.2) is 8.42 Å². The van der Waals surface area contributed by atoms with Gasteiger partial charge in [0.15, 0.2) is 0 Å². The van der Waals surface area contributed by atoms with Gasteiger partial charge in [-0.1, -0.05) is 12.2 Å². The number of carbonyl (C=O) groups excluding carboxylic acids is 1. The largest absolute Gasteiger partial charge is 0.389 e. The molecule has 0 unspecified atom stereocenters. The van der Waals surface area contributed by atoms with Crippen molar-refractivity contribution in [2.75, 3.05) is 20.6 Å². The molecule has 0 spiro atoms. The molecule has 0 bridgehead atoms. The van der Waals surface area contributed by atoms with Crippen molar-refractivity contribution >= 4 is 44.5 Å². The van der Waals surface area contributed by atoms with Crippen molar-refractivity contribution in [2.45, 2.75) is 4.21 Å². The number of carbonyl (C=O) groups is 1. The molecule has 1 rings (SSSR count). The molecule has 0 atom stereocenters. The number of nitrogens with zero attached hydrogens (tertiary/aromatic N) is 1. The van der Waals surface area contributed by atoms with Crippen LogP contribution in [0.1, 0.15) is 4.88 Å². The summed E-state index contributed by atoms with van der Waals surface area (Å²) in [5, 5.41) is 2.36. The molecule has 1 amide bonds. The molecule has 3 N–H and O–H groups in total. The average Bonchev–Trinajstić information content (AvgIpc) is 2.78. The van der Waals surface area contributed by atoms with Crippen LogP contribution in [0.5, 0.6) is 0 Å². The first-order valence-electron chi connectivity index (χ1n) is 4.85. The van der Waals surface area contributed by atoms with Gasteiger partial charge in [0.2, 0.25) is 5.91 Å². The zero-order valence-corrected chi connectivity index (χ0v) is 12.3. The molecular formula is C9H13N3O3S3. The maximum absolute atomic E-state index is 12.1. The van der Waals surface area contributed by atoms with Gasteiger partial charge in [0.1, 0.15) is 9.20 Å². The lowest BCUT2D eigenvalue weighted by Gasteiger charge is -2.14. The molecule has 1 aromatic rings. The second kappa shape index (κ2) is 5.74. The zero-order chi connectivity index (χ0) is 13.9. The van der Waals surface area contributed by atoms with Crippen LogP contribution in [0, 0.1) is 0 Å². The van der Waals surface area contributed by atoms with Crippen molar-refractivity contribution in [1.29, 1.82) is 0 Å². The molecule has 6 nitrogen and oxygen atoms in total. The van der Waals surface area contributed by atoms with Crippen molar-refractivity contribution in [2.24, 2.45) is 5.73 Å². The van der Waals surface area contributed by atoms with Crippen LogP contribution in [0.3, 0.4) is 0 Å². The summed E-state index contributed by atoms with van der Waals surface area (Å²) in [6, 6.07) is 2.97. The highest BCUT2D eigenvalue weighted by molar-refractivity contribution is 7.91. The third kappa shape index (κ3) is 3.25. The summed E-state index contributed by atoms with van der Waals surface area (Å²) in [6.07, 6.45) is 0. The predicted octanol–water partition coefficient (Wildman–Crippen LogP) is -0.251. The number of thiophene rings is 1. The van der Waals surface area contributed by atoms with Gasteiger partial charge in [-0.15, -0.1) is 11.3 Å². The van der Waals surface area contributed by atoms with E-state index in [-0.39, 0.29) is 21.6 Å². The molecule has 0 fully saturated rings. The second-order valence-electron chi connectivity index (χ2n) is 3.42. The zero-order valence-electron chi connectivity index (χ0n) is 9.84. The Bertz CT molecular complexity index is 565. The summed E-state index contributed by atoms with van der Waals surface area (Å²) in [5.41, 5.74) is 5.42. The average molecular weight is 307 g/mol. The van der Waals surface area contributed by atoms with Crippen molar-refractivity contribution in [3.63, 3.8) is 0 Å². The maximum Gasteiger partial charge on any atom is 0.252 e. The van der Waals surface area contributed by atoms with E-state index in [2.05, 4.69) is 5.32 Å². The summed E-state index contributed by atoms with van der Waals surface area (Å²) < 4.78 is 25.3. The van der Waals surface area contributed by atoms with Crippen molar-refractivity contribution < 1.29 is 13.2 Å². The van der Waals surface area contributed by atoms with Gasteiger partial charge in [-0.3, -0.25) is 4.79 Å². The van der Waals surface area contributed by atoms with Crippen LogP contribution >= 0.6 is 23.6 Å². The maximum atomic E-state index is 12.1. The molecular weight excluding hydrogens is 294 g/mol. The quantitative estimate of drug-likeness (QED) is 0.732. The van der Waals surface area contributed by atoms with Crippen LogP contribution in [0.25, 0.3) is 0 Å². The molecule has 1 heterocycles. The van der Waals surface area contributed by atoms with Crippen LogP contribution in [0.15, 0.2) is 16.3 Å². The van der Waals surface area contributed by atoms with E-state index in [1.807, 2.05) is 0 Å². The molecule has 1 aromatic heterocycles. The van der Waals surface area contributed by atoms with Gasteiger partial charge >= 0.3 is 0 Å². The lowest BCUT2D eigenvalue weighted by atomic mass is 10.5. The minimum absolute atomic E-state index is 0.108. The topological polar surface area (TPSA) is 92.5 Å². The SMILES string of the molecule is CNC(=O)CN(C)S(=O)(=O)c1ccc(C(N)=S)s1. The molecule has 0 aliphatic rings. The van der Waals surface area contributed by atoms with Gasteiger partial charge in [0.05, 0.1) is 11.4 Å². The summed E-state index contributed by atoms with van der Waals surface area (Å²) in [4.78, 5) is 11.8. The lowest BCUT2D eigenvalue weighted by Crippen LogP contribution is -2.36. The van der Waals surface area contributed by atoms with Gasteiger partial charge in [-0.2, -0.15) is 4.31 Å². The number of hydrogen-bond donors (Lipinski definition) is 2. The first kappa shape index (κ1) is 15.0. The molecule has 18 heavy (non-hydrogen) atoms. The molecule has 0 saturated heterocycles. The Hall–Kier alpha value is -1.03. The van der Waals surface area contributed by atoms with Gasteiger partial charge in [0, 0.05) is 14.1 Å². The Balaban J connectivity index is 2.98. The number of rotatable bonds is 5. The molecule has 0 aliphatic heterocycles. The van der Waals surface area contributed by atoms with Crippen LogP contribution in [0.4, 0.5) is 0 Å². The Morgan fingerprint density at radius 1 is 1.56 bits per heavy atom. The number of nitrogens with one attached hydrogen (secondary N) is 1. The smallest absolute Gasteiger partial charge is 0.252 e. The molecule has 0 aromatic carbocycles. The number of sulfonamides is 1. The fraction of sp³-hybridized carbons (Fsp3) is 0.333. The fourth-order valence-electron chi connectivity index (χ4n) is 1.11. The van der Waals surface area contributed by atoms with Gasteiger partial charge < -0.3 is 11.1 Å². The van der Waals surface area contributed by atoms with Crippen molar-refractivity contribution in [1.82, 2.24) is 9.62 Å². The van der Waals surface area contributed by atoms with Crippen molar-refractivity contribution in [3.05, 3.63) is 17.0 Å². The minimum atomic E-state index is -3.68. The summed E-state index contributed by atoms with van der Waals surface area (Å²) in [5.74, 6) is -0.382. The standard InChI is InChI=1S/C9H13N3O3S3/c1-11-7(13)5-12(2)18(14,15)8-4-3-6(17-8)9(10)16/h3-4H,5H2,1-2H3,(H2,10,16)(H,11,13). The lowest BCUT2D eigenvalue weighted by molar-refractivity contribution is -0.120. The Morgan fingerprint density at radius 3 is 2.61 bits per heavy atom. The third-order valence-electron chi connectivity index (χ3n) is 2.13. The van der Waals surface area contributed by atoms with E-state index in [9.17, 15) is 13.2 Å². The summed E-state index contributed by atoms with van der Waals surface area (Å²) in [6.45, 7) is -0.237. The number of likely N-dealkylation sites (N-methyl/N-ethyl adjacent to an activating group) is 2. The van der Waals surface area contributed by atoms with Gasteiger partial charge in [0.25, 0.3) is 10.0 Å². The second-order valence-corrected chi connectivity index (χ2v) is 7.21. The third-order valence-corrected chi connectivity index (χ3v) is 5.87. The molecule has 100 valence electrons. The summed E-state index contributed by atoms with van der Waals surface area (Å²) >= 11 is 5.75. The van der Waals surface area contributed by atoms with E-state index in [0.29, 0.717) is 4.88 Å². The molecule has 0 saturated carbocycles. The molecule has 0 aliphatic carbocycles. The molecule has 0 radical (unpaired) electrons. The highest BCUT2D eigenvalue weighted by atomic mass is 32.2. The first-order chi connectivity index (χ1) is 8.28. The minimum Gasteiger partial charge on any atom is -0.389 e. The number of amides is 1. The highest BCUT2D eigenvalue weighted by Crippen LogP contribution is 2.24. The Kier molecular flexibility index (Phi) is 4.79. The summed E-state index contributed by atoms with van der Waals surface area (Å²) in [7, 11) is -0.900. The number of hydrogen-bond acceptors (Lipinski definition) is 5. The van der Waals surface area contributed by atoms with Crippen LogP contribution in [0.2, 0.25) is 0 Å². The predicted molar refractivity (Wildman–Crippen MR) is 74.1 cm³/mol. The number of nitrogens with two attached hydrogens (primary N) is 1. The van der Waals surface area contributed by atoms with Gasteiger partial charge in [-0.05, 0) is 12.1 Å². The van der Waals surface area contributed by atoms with Crippen LogP contribution in [-0.2, 0) is 14.8 Å². The van der Waals surface area contributed by atoms with Crippen LogP contribution < -0.4 is 11.1 Å². The normalized spacial score (nSPS) is 11.5. The van der Waals surface area contributed by atoms with E-state index >= 15 is 0 Å². The Morgan fingerprint density at radius 2 is 2.17 bits per heavy atom.